The number of hydrogen-bond donors (Lipinski definition) is 0. The maximum absolute atomic E-state index is 13.7. The van der Waals surface area contributed by atoms with Gasteiger partial charge in [-0.15, -0.1) is 0 Å². The molecule has 0 aromatic heterocycles. The highest BCUT2D eigenvalue weighted by Gasteiger charge is 2.54. The molecule has 0 amide bonds. The molecule has 29 heavy (non-hydrogen) atoms. The zero-order chi connectivity index (χ0) is 21.3. The van der Waals surface area contributed by atoms with Crippen molar-refractivity contribution in [2.75, 3.05) is 39.5 Å². The van der Waals surface area contributed by atoms with Crippen molar-refractivity contribution in [1.29, 1.82) is 0 Å². The second kappa shape index (κ2) is 11.6. The Balaban J connectivity index is 2.41. The third-order valence-corrected chi connectivity index (χ3v) is 10.5. The van der Waals surface area contributed by atoms with Crippen molar-refractivity contribution in [3.63, 3.8) is 0 Å². The van der Waals surface area contributed by atoms with Crippen LogP contribution >= 0.6 is 15.2 Å². The summed E-state index contributed by atoms with van der Waals surface area (Å²) in [5, 5.41) is 0. The third-order valence-electron chi connectivity index (χ3n) is 4.51. The molecule has 0 N–H and O–H groups in total. The smallest absolute Gasteiger partial charge is 0.307 e. The molecule has 164 valence electrons. The molecule has 2 rings (SSSR count). The van der Waals surface area contributed by atoms with Gasteiger partial charge in [0, 0.05) is 13.1 Å². The molecule has 0 spiro atoms. The van der Waals surface area contributed by atoms with E-state index in [0.717, 1.165) is 12.0 Å². The van der Waals surface area contributed by atoms with E-state index in [1.54, 1.807) is 27.7 Å². The second-order valence-corrected chi connectivity index (χ2v) is 11.0. The van der Waals surface area contributed by atoms with Gasteiger partial charge in [0.1, 0.15) is 0 Å². The standard InChI is InChI=1S/C20H33NO6P2/c1-5-24-28(22,25-6-2)20(29(23,26-7-3)27-8-4)21-16-14-19(15-17-21)18-12-10-9-11-13-18/h9-14,20H,5-8,15-17H2,1-4H3. The number of nitrogens with zero attached hydrogens (tertiary/aromatic N) is 1. The average molecular weight is 445 g/mol. The summed E-state index contributed by atoms with van der Waals surface area (Å²) >= 11 is 0. The molecule has 0 atom stereocenters. The van der Waals surface area contributed by atoms with E-state index in [9.17, 15) is 9.13 Å². The van der Waals surface area contributed by atoms with E-state index >= 15 is 0 Å². The molecular formula is C20H33NO6P2. The van der Waals surface area contributed by atoms with E-state index in [4.69, 9.17) is 18.1 Å². The monoisotopic (exact) mass is 445 g/mol. The molecule has 9 heteroatoms. The van der Waals surface area contributed by atoms with Gasteiger partial charge in [0.25, 0.3) is 0 Å². The SMILES string of the molecule is CCOP(=O)(OCC)C(N1CC=C(c2ccccc2)CC1)P(=O)(OCC)OCC. The van der Waals surface area contributed by atoms with Gasteiger partial charge >= 0.3 is 15.2 Å². The maximum atomic E-state index is 13.7. The van der Waals surface area contributed by atoms with Crippen molar-refractivity contribution in [3.8, 4) is 0 Å². The lowest BCUT2D eigenvalue weighted by Gasteiger charge is -2.39. The minimum atomic E-state index is -3.79. The molecule has 0 saturated heterocycles. The molecule has 0 unspecified atom stereocenters. The highest BCUT2D eigenvalue weighted by Crippen LogP contribution is 2.71. The Labute approximate surface area is 174 Å². The van der Waals surface area contributed by atoms with Crippen molar-refractivity contribution in [1.82, 2.24) is 4.90 Å². The van der Waals surface area contributed by atoms with Crippen molar-refractivity contribution < 1.29 is 27.2 Å². The normalized spacial score (nSPS) is 16.2. The van der Waals surface area contributed by atoms with E-state index in [1.807, 2.05) is 23.1 Å². The predicted molar refractivity (Wildman–Crippen MR) is 116 cm³/mol. The Morgan fingerprint density at radius 1 is 0.862 bits per heavy atom. The quantitative estimate of drug-likeness (QED) is 0.388. The molecule has 0 aliphatic carbocycles. The Hall–Kier alpha value is -0.780. The molecule has 7 nitrogen and oxygen atoms in total. The van der Waals surface area contributed by atoms with E-state index in [2.05, 4.69) is 18.2 Å². The van der Waals surface area contributed by atoms with E-state index in [1.165, 1.54) is 5.57 Å². The molecule has 0 fully saturated rings. The lowest BCUT2D eigenvalue weighted by atomic mass is 10.00. The summed E-state index contributed by atoms with van der Waals surface area (Å²) in [6.45, 7) is 8.61. The van der Waals surface area contributed by atoms with Crippen LogP contribution in [0.2, 0.25) is 0 Å². The molecule has 0 bridgehead atoms. The van der Waals surface area contributed by atoms with Crippen LogP contribution in [0.5, 0.6) is 0 Å². The molecule has 0 radical (unpaired) electrons. The number of hydrogen-bond acceptors (Lipinski definition) is 7. The topological polar surface area (TPSA) is 74.3 Å². The van der Waals surface area contributed by atoms with Gasteiger partial charge in [0.15, 0.2) is 0 Å². The predicted octanol–water partition coefficient (Wildman–Crippen LogP) is 5.59. The molecule has 1 aliphatic heterocycles. The van der Waals surface area contributed by atoms with Gasteiger partial charge in [-0.25, -0.2) is 0 Å². The summed E-state index contributed by atoms with van der Waals surface area (Å²) < 4.78 is 49.7. The van der Waals surface area contributed by atoms with Gasteiger partial charge in [-0.1, -0.05) is 36.4 Å². The van der Waals surface area contributed by atoms with Crippen molar-refractivity contribution in [2.24, 2.45) is 0 Å². The summed E-state index contributed by atoms with van der Waals surface area (Å²) in [5.41, 5.74) is 1.24. The fourth-order valence-electron chi connectivity index (χ4n) is 3.44. The van der Waals surface area contributed by atoms with Crippen LogP contribution in [0.4, 0.5) is 0 Å². The van der Waals surface area contributed by atoms with Crippen LogP contribution in [0, 0.1) is 0 Å². The highest BCUT2D eigenvalue weighted by molar-refractivity contribution is 7.72. The lowest BCUT2D eigenvalue weighted by Crippen LogP contribution is -2.40. The highest BCUT2D eigenvalue weighted by atomic mass is 31.2. The van der Waals surface area contributed by atoms with E-state index in [0.29, 0.717) is 13.1 Å². The summed E-state index contributed by atoms with van der Waals surface area (Å²) in [6, 6.07) is 10.1. The Morgan fingerprint density at radius 2 is 1.34 bits per heavy atom. The molecule has 0 saturated carbocycles. The Kier molecular flexibility index (Phi) is 9.77. The fourth-order valence-corrected chi connectivity index (χ4v) is 8.97. The first-order valence-electron chi connectivity index (χ1n) is 10.2. The number of benzene rings is 1. The van der Waals surface area contributed by atoms with Crippen LogP contribution in [-0.4, -0.2) is 49.9 Å². The first-order chi connectivity index (χ1) is 13.9. The first-order valence-corrected chi connectivity index (χ1v) is 13.4. The van der Waals surface area contributed by atoms with Crippen molar-refractivity contribution in [3.05, 3.63) is 42.0 Å². The molecule has 1 aromatic rings. The van der Waals surface area contributed by atoms with Gasteiger partial charge in [-0.2, -0.15) is 0 Å². The van der Waals surface area contributed by atoms with Crippen LogP contribution in [0.25, 0.3) is 5.57 Å². The zero-order valence-corrected chi connectivity index (χ0v) is 19.6. The first kappa shape index (κ1) is 24.5. The number of rotatable bonds is 12. The van der Waals surface area contributed by atoms with E-state index < -0.39 is 20.7 Å². The van der Waals surface area contributed by atoms with Gasteiger partial charge in [0.05, 0.1) is 26.4 Å². The molecule has 1 aromatic carbocycles. The van der Waals surface area contributed by atoms with Crippen LogP contribution in [0.15, 0.2) is 36.4 Å². The van der Waals surface area contributed by atoms with Crippen molar-refractivity contribution in [2.45, 2.75) is 39.6 Å². The van der Waals surface area contributed by atoms with Gasteiger partial charge in [-0.3, -0.25) is 14.0 Å². The van der Waals surface area contributed by atoms with Gasteiger partial charge in [-0.05, 0) is 45.3 Å². The Bertz CT molecular complexity index is 705. The minimum absolute atomic E-state index is 0.172. The van der Waals surface area contributed by atoms with Gasteiger partial charge < -0.3 is 18.1 Å². The van der Waals surface area contributed by atoms with Crippen LogP contribution in [0.1, 0.15) is 39.7 Å². The summed E-state index contributed by atoms with van der Waals surface area (Å²) in [4.78, 5) is 1.85. The maximum Gasteiger partial charge on any atom is 0.360 e. The molecular weight excluding hydrogens is 412 g/mol. The summed E-state index contributed by atoms with van der Waals surface area (Å²) in [7, 11) is -7.57. The fraction of sp³-hybridized carbons (Fsp3) is 0.600. The molecule has 1 aliphatic rings. The van der Waals surface area contributed by atoms with Crippen LogP contribution in [-0.2, 0) is 27.2 Å². The third kappa shape index (κ3) is 6.11. The summed E-state index contributed by atoms with van der Waals surface area (Å²) in [5.74, 6) is 0. The zero-order valence-electron chi connectivity index (χ0n) is 17.8. The summed E-state index contributed by atoms with van der Waals surface area (Å²) in [6.07, 6.45) is 2.79. The Morgan fingerprint density at radius 3 is 1.72 bits per heavy atom. The molecule has 1 heterocycles. The lowest BCUT2D eigenvalue weighted by molar-refractivity contribution is 0.156. The van der Waals surface area contributed by atoms with Gasteiger partial charge in [0.2, 0.25) is 5.52 Å². The minimum Gasteiger partial charge on any atom is -0.307 e. The van der Waals surface area contributed by atoms with Crippen LogP contribution < -0.4 is 0 Å². The second-order valence-electron chi connectivity index (χ2n) is 6.44. The van der Waals surface area contributed by atoms with E-state index in [-0.39, 0.29) is 26.4 Å². The van der Waals surface area contributed by atoms with Crippen molar-refractivity contribution >= 4 is 20.8 Å². The van der Waals surface area contributed by atoms with Crippen LogP contribution in [0.3, 0.4) is 0 Å². The largest absolute Gasteiger partial charge is 0.360 e. The average Bonchev–Trinajstić information content (AvgIpc) is 2.70.